The molecule has 2 unspecified atom stereocenters. The number of hydrazine groups is 1. The number of likely N-dealkylation sites (N-methyl/N-ethyl adjacent to an activating group) is 1. The van der Waals surface area contributed by atoms with Crippen LogP contribution in [0.4, 0.5) is 0 Å². The van der Waals surface area contributed by atoms with E-state index < -0.39 is 71.8 Å². The lowest BCUT2D eigenvalue weighted by Crippen LogP contribution is -2.59. The van der Waals surface area contributed by atoms with Gasteiger partial charge in [-0.15, -0.1) is 0 Å². The van der Waals surface area contributed by atoms with Gasteiger partial charge in [-0.05, 0) is 74.6 Å². The van der Waals surface area contributed by atoms with Gasteiger partial charge in [0.15, 0.2) is 0 Å². The van der Waals surface area contributed by atoms with Gasteiger partial charge in [0.2, 0.25) is 17.7 Å². The molecule has 14 nitrogen and oxygen atoms in total. The third kappa shape index (κ3) is 13.6. The van der Waals surface area contributed by atoms with Gasteiger partial charge in [-0.1, -0.05) is 69.4 Å². The van der Waals surface area contributed by atoms with Crippen molar-refractivity contribution >= 4 is 35.4 Å². The second kappa shape index (κ2) is 21.9. The molecule has 1 aromatic carbocycles. The predicted molar refractivity (Wildman–Crippen MR) is 211 cm³/mol. The summed E-state index contributed by atoms with van der Waals surface area (Å²) in [5.41, 5.74) is 3.93. The molecule has 0 saturated carbocycles. The van der Waals surface area contributed by atoms with Crippen molar-refractivity contribution in [2.24, 2.45) is 17.8 Å². The zero-order valence-corrected chi connectivity index (χ0v) is 33.6. The minimum absolute atomic E-state index is 0.0538. The van der Waals surface area contributed by atoms with Gasteiger partial charge in [-0.2, -0.15) is 0 Å². The number of aliphatic hydroxyl groups is 1. The third-order valence-corrected chi connectivity index (χ3v) is 9.91. The number of phenolic OH excluding ortho intramolecular Hbond substituents is 1. The van der Waals surface area contributed by atoms with Crippen LogP contribution in [-0.4, -0.2) is 100 Å². The number of allylic oxidation sites excluding steroid dienone is 5. The Morgan fingerprint density at radius 3 is 2.38 bits per heavy atom. The van der Waals surface area contributed by atoms with Gasteiger partial charge in [0, 0.05) is 39.6 Å². The largest absolute Gasteiger partial charge is 0.508 e. The summed E-state index contributed by atoms with van der Waals surface area (Å²) in [6, 6.07) is 2.51. The van der Waals surface area contributed by atoms with Crippen LogP contribution in [0.3, 0.4) is 0 Å². The first kappa shape index (κ1) is 45.3. The Kier molecular flexibility index (Phi) is 17.7. The number of aromatic hydroxyl groups is 1. The SMILES string of the molecule is CC(=O)CC[C@H]1C(=O)N[C@@H](C(C)C)C(=O)NC(c2cccc(O)c2)C(=O)N2CCCC(N2)C(=O)O[C@H](/C(C)=C/C=C/C(=O)N(C)C)C/C=C/C=C/C[C@H](C)[C@H]1O. The van der Waals surface area contributed by atoms with Crippen LogP contribution in [0.25, 0.3) is 0 Å². The molecule has 1 aromatic rings. The van der Waals surface area contributed by atoms with Crippen molar-refractivity contribution in [2.45, 2.75) is 103 Å². The molecule has 2 heterocycles. The van der Waals surface area contributed by atoms with E-state index in [0.29, 0.717) is 24.8 Å². The van der Waals surface area contributed by atoms with E-state index in [1.165, 1.54) is 41.1 Å². The molecule has 2 aliphatic heterocycles. The molecule has 1 saturated heterocycles. The van der Waals surface area contributed by atoms with E-state index in [-0.39, 0.29) is 48.8 Å². The van der Waals surface area contributed by atoms with E-state index in [9.17, 15) is 39.0 Å². The van der Waals surface area contributed by atoms with Crippen LogP contribution in [0.2, 0.25) is 0 Å². The molecule has 1 fully saturated rings. The number of fused-ring (bicyclic) bond motifs is 2. The molecule has 0 spiro atoms. The maximum Gasteiger partial charge on any atom is 0.325 e. The van der Waals surface area contributed by atoms with Crippen molar-refractivity contribution < 1.29 is 43.7 Å². The molecule has 2 bridgehead atoms. The summed E-state index contributed by atoms with van der Waals surface area (Å²) in [6.45, 7) is 8.65. The first-order valence-corrected chi connectivity index (χ1v) is 19.2. The number of hydrogen-bond acceptors (Lipinski definition) is 10. The first-order chi connectivity index (χ1) is 26.5. The highest BCUT2D eigenvalue weighted by atomic mass is 16.5. The number of rotatable bonds is 8. The number of ether oxygens (including phenoxy) is 1. The van der Waals surface area contributed by atoms with Crippen molar-refractivity contribution in [1.82, 2.24) is 26.0 Å². The lowest BCUT2D eigenvalue weighted by atomic mass is 9.85. The fourth-order valence-electron chi connectivity index (χ4n) is 6.38. The lowest BCUT2D eigenvalue weighted by molar-refractivity contribution is -0.156. The molecule has 7 atom stereocenters. The van der Waals surface area contributed by atoms with E-state index in [4.69, 9.17) is 4.74 Å². The lowest BCUT2D eigenvalue weighted by Gasteiger charge is -2.36. The molecule has 5 N–H and O–H groups in total. The Balaban J connectivity index is 2.06. The monoisotopic (exact) mass is 777 g/mol. The summed E-state index contributed by atoms with van der Waals surface area (Å²) in [7, 11) is 3.28. The Morgan fingerprint density at radius 1 is 1.04 bits per heavy atom. The van der Waals surface area contributed by atoms with Crippen LogP contribution >= 0.6 is 0 Å². The maximum absolute atomic E-state index is 14.3. The number of phenols is 1. The average Bonchev–Trinajstić information content (AvgIpc) is 3.15. The van der Waals surface area contributed by atoms with E-state index in [1.807, 2.05) is 12.2 Å². The van der Waals surface area contributed by atoms with Crippen LogP contribution in [0.5, 0.6) is 5.75 Å². The molecule has 306 valence electrons. The summed E-state index contributed by atoms with van der Waals surface area (Å²) in [5.74, 6) is -4.84. The van der Waals surface area contributed by atoms with Gasteiger partial charge in [-0.3, -0.25) is 29.0 Å². The molecule has 4 amide bonds. The number of carbonyl (C=O) groups excluding carboxylic acids is 6. The first-order valence-electron chi connectivity index (χ1n) is 19.2. The Morgan fingerprint density at radius 2 is 1.73 bits per heavy atom. The van der Waals surface area contributed by atoms with E-state index in [1.54, 1.807) is 72.2 Å². The van der Waals surface area contributed by atoms with Crippen molar-refractivity contribution in [3.63, 3.8) is 0 Å². The highest BCUT2D eigenvalue weighted by Crippen LogP contribution is 2.25. The standard InChI is InChI=1S/C42H59N5O9/c1-26(2)36-40(53)44-37(30-17-13-18-31(49)25-30)41(54)47-24-14-19-33(45-47)42(55)56-34(27(3)16-12-21-35(50)46(6)7)20-11-9-8-10-15-28(4)38(51)32(39(52)43-36)23-22-29(5)48/h8-13,16-18,21,25-26,28,32-34,36-38,45,49,51H,14-15,19-20,22-24H2,1-7H3,(H,43,52)(H,44,53)/b10-8+,11-9+,21-12+,27-16+/t28-,32+,33?,34-,36-,37?,38+/m0/s1. The van der Waals surface area contributed by atoms with Crippen molar-refractivity contribution in [3.8, 4) is 5.75 Å². The Bertz CT molecular complexity index is 1680. The van der Waals surface area contributed by atoms with E-state index in [2.05, 4.69) is 16.1 Å². The van der Waals surface area contributed by atoms with Gasteiger partial charge >= 0.3 is 5.97 Å². The predicted octanol–water partition coefficient (Wildman–Crippen LogP) is 3.58. The van der Waals surface area contributed by atoms with Gasteiger partial charge in [0.25, 0.3) is 5.91 Å². The van der Waals surface area contributed by atoms with Crippen LogP contribution in [0.15, 0.2) is 72.4 Å². The summed E-state index contributed by atoms with van der Waals surface area (Å²) in [5, 5.41) is 28.6. The number of nitrogens with one attached hydrogen (secondary N) is 3. The van der Waals surface area contributed by atoms with Gasteiger partial charge in [0.1, 0.15) is 35.8 Å². The highest BCUT2D eigenvalue weighted by molar-refractivity contribution is 5.93. The zero-order valence-electron chi connectivity index (χ0n) is 33.6. The fourth-order valence-corrected chi connectivity index (χ4v) is 6.38. The van der Waals surface area contributed by atoms with Crippen LogP contribution in [0, 0.1) is 17.8 Å². The average molecular weight is 778 g/mol. The number of hydrogen-bond donors (Lipinski definition) is 5. The summed E-state index contributed by atoms with van der Waals surface area (Å²) in [4.78, 5) is 81.4. The number of Topliss-reactive ketones (excluding diaryl/α,β-unsaturated/α-hetero) is 1. The third-order valence-electron chi connectivity index (χ3n) is 9.91. The molecule has 0 aliphatic carbocycles. The Hall–Kier alpha value is -5.08. The maximum atomic E-state index is 14.3. The number of benzene rings is 1. The quantitative estimate of drug-likeness (QED) is 0.148. The molecular weight excluding hydrogens is 718 g/mol. The van der Waals surface area contributed by atoms with Crippen molar-refractivity contribution in [1.29, 1.82) is 0 Å². The number of carbonyl (C=O) groups is 6. The van der Waals surface area contributed by atoms with E-state index >= 15 is 0 Å². The fraction of sp³-hybridized carbons (Fsp3) is 0.524. The van der Waals surface area contributed by atoms with Crippen LogP contribution in [0.1, 0.15) is 84.7 Å². The van der Waals surface area contributed by atoms with Gasteiger partial charge in [-0.25, -0.2) is 5.43 Å². The summed E-state index contributed by atoms with van der Waals surface area (Å²) in [6.07, 6.45) is 11.7. The Labute approximate surface area is 330 Å². The van der Waals surface area contributed by atoms with Crippen LogP contribution < -0.4 is 16.1 Å². The summed E-state index contributed by atoms with van der Waals surface area (Å²) >= 11 is 0. The zero-order chi connectivity index (χ0) is 41.5. The second-order valence-electron chi connectivity index (χ2n) is 15.2. The number of nitrogens with zero attached hydrogens (tertiary/aromatic N) is 2. The van der Waals surface area contributed by atoms with Gasteiger partial charge in [0.05, 0.1) is 12.0 Å². The number of aliphatic hydroxyl groups excluding tert-OH is 1. The van der Waals surface area contributed by atoms with Crippen molar-refractivity contribution in [3.05, 3.63) is 77.9 Å². The molecule has 2 aliphatic rings. The summed E-state index contributed by atoms with van der Waals surface area (Å²) < 4.78 is 6.02. The van der Waals surface area contributed by atoms with Gasteiger partial charge < -0.3 is 35.3 Å². The number of amides is 4. The number of cyclic esters (lactones) is 1. The molecule has 56 heavy (non-hydrogen) atoms. The molecule has 14 heteroatoms. The normalized spacial score (nSPS) is 27.7. The number of esters is 1. The molecule has 0 aromatic heterocycles. The molecule has 3 rings (SSSR count). The van der Waals surface area contributed by atoms with Crippen molar-refractivity contribution in [2.75, 3.05) is 20.6 Å². The molecular formula is C42H59N5O9. The minimum atomic E-state index is -1.33. The molecule has 0 radical (unpaired) electrons. The smallest absolute Gasteiger partial charge is 0.325 e. The number of ketones is 1. The second-order valence-corrected chi connectivity index (χ2v) is 15.2. The van der Waals surface area contributed by atoms with Crippen LogP contribution in [-0.2, 0) is 33.5 Å². The minimum Gasteiger partial charge on any atom is -0.508 e. The van der Waals surface area contributed by atoms with E-state index in [0.717, 1.165) is 0 Å². The highest BCUT2D eigenvalue weighted by Gasteiger charge is 2.38. The topological polar surface area (TPSA) is 195 Å².